The van der Waals surface area contributed by atoms with Gasteiger partial charge in [-0.2, -0.15) is 13.2 Å². The van der Waals surface area contributed by atoms with Crippen molar-refractivity contribution >= 4 is 10.0 Å². The van der Waals surface area contributed by atoms with E-state index < -0.39 is 39.2 Å². The van der Waals surface area contributed by atoms with Crippen molar-refractivity contribution in [3.05, 3.63) is 29.6 Å². The lowest BCUT2D eigenvalue weighted by atomic mass is 9.88. The molecule has 4 nitrogen and oxygen atoms in total. The largest absolute Gasteiger partial charge is 0.490 e. The van der Waals surface area contributed by atoms with E-state index in [0.29, 0.717) is 12.0 Å². The number of ether oxygens (including phenoxy) is 1. The lowest BCUT2D eigenvalue weighted by molar-refractivity contribution is -0.181. The van der Waals surface area contributed by atoms with Gasteiger partial charge < -0.3 is 4.74 Å². The summed E-state index contributed by atoms with van der Waals surface area (Å²) in [5.41, 5.74) is 0.416. The van der Waals surface area contributed by atoms with Gasteiger partial charge in [0, 0.05) is 12.0 Å². The van der Waals surface area contributed by atoms with Crippen LogP contribution in [0.2, 0.25) is 0 Å². The van der Waals surface area contributed by atoms with Crippen LogP contribution in [0.25, 0.3) is 0 Å². The molecule has 1 aromatic rings. The zero-order chi connectivity index (χ0) is 18.2. The molecule has 2 aliphatic rings. The zero-order valence-corrected chi connectivity index (χ0v) is 14.2. The van der Waals surface area contributed by atoms with Gasteiger partial charge in [-0.25, -0.2) is 17.5 Å². The van der Waals surface area contributed by atoms with E-state index in [-0.39, 0.29) is 38.0 Å². The maximum absolute atomic E-state index is 13.8. The number of nitrogens with one attached hydrogen (secondary N) is 1. The van der Waals surface area contributed by atoms with Gasteiger partial charge in [-0.15, -0.1) is 0 Å². The summed E-state index contributed by atoms with van der Waals surface area (Å²) in [5, 5.41) is -0.856. The van der Waals surface area contributed by atoms with Gasteiger partial charge in [-0.1, -0.05) is 12.1 Å². The molecular weight excluding hydrogens is 362 g/mol. The monoisotopic (exact) mass is 381 g/mol. The SMILES string of the molecule is O=S(=O)(N[C@H]1CCOc2c(F)cccc21)C1CCC(C(F)(F)F)CC1. The van der Waals surface area contributed by atoms with E-state index >= 15 is 0 Å². The Bertz CT molecular complexity index is 727. The Balaban J connectivity index is 1.71. The molecule has 1 N–H and O–H groups in total. The number of hydrogen-bond acceptors (Lipinski definition) is 3. The smallest absolute Gasteiger partial charge is 0.391 e. The Labute approximate surface area is 143 Å². The molecule has 25 heavy (non-hydrogen) atoms. The molecule has 0 radical (unpaired) electrons. The minimum absolute atomic E-state index is 0.0290. The van der Waals surface area contributed by atoms with Gasteiger partial charge >= 0.3 is 6.18 Å². The predicted molar refractivity (Wildman–Crippen MR) is 83.1 cm³/mol. The zero-order valence-electron chi connectivity index (χ0n) is 13.4. The van der Waals surface area contributed by atoms with Crippen molar-refractivity contribution in [1.29, 1.82) is 0 Å². The van der Waals surface area contributed by atoms with E-state index in [0.717, 1.165) is 0 Å². The van der Waals surface area contributed by atoms with Crippen LogP contribution >= 0.6 is 0 Å². The van der Waals surface area contributed by atoms with Crippen LogP contribution in [0.1, 0.15) is 43.7 Å². The first-order valence-electron chi connectivity index (χ1n) is 8.17. The summed E-state index contributed by atoms with van der Waals surface area (Å²) in [6, 6.07) is 3.66. The lowest BCUT2D eigenvalue weighted by Crippen LogP contribution is -2.41. The number of rotatable bonds is 3. The Morgan fingerprint density at radius 2 is 1.76 bits per heavy atom. The van der Waals surface area contributed by atoms with Gasteiger partial charge in [0.2, 0.25) is 10.0 Å². The average Bonchev–Trinajstić information content (AvgIpc) is 2.55. The highest BCUT2D eigenvalue weighted by Crippen LogP contribution is 2.40. The Kier molecular flexibility index (Phi) is 4.98. The first-order valence-corrected chi connectivity index (χ1v) is 9.72. The molecule has 0 saturated heterocycles. The summed E-state index contributed by atoms with van der Waals surface area (Å²) in [4.78, 5) is 0. The maximum Gasteiger partial charge on any atom is 0.391 e. The Morgan fingerprint density at radius 3 is 2.40 bits per heavy atom. The average molecular weight is 381 g/mol. The molecule has 140 valence electrons. The quantitative estimate of drug-likeness (QED) is 0.813. The molecule has 1 aromatic carbocycles. The van der Waals surface area contributed by atoms with Gasteiger partial charge in [0.15, 0.2) is 11.6 Å². The second-order valence-electron chi connectivity index (χ2n) is 6.53. The summed E-state index contributed by atoms with van der Waals surface area (Å²) >= 11 is 0. The first-order chi connectivity index (χ1) is 11.7. The summed E-state index contributed by atoms with van der Waals surface area (Å²) in [6.45, 7) is 0.169. The highest BCUT2D eigenvalue weighted by molar-refractivity contribution is 7.90. The van der Waals surface area contributed by atoms with Crippen LogP contribution in [-0.4, -0.2) is 26.5 Å². The molecule has 0 amide bonds. The summed E-state index contributed by atoms with van der Waals surface area (Å²) in [7, 11) is -3.80. The molecule has 1 aliphatic carbocycles. The van der Waals surface area contributed by atoms with Crippen LogP contribution < -0.4 is 9.46 Å². The van der Waals surface area contributed by atoms with Crippen molar-refractivity contribution < 1.29 is 30.7 Å². The van der Waals surface area contributed by atoms with E-state index in [1.54, 1.807) is 6.07 Å². The molecule has 0 unspecified atom stereocenters. The molecule has 0 bridgehead atoms. The van der Waals surface area contributed by atoms with Crippen molar-refractivity contribution in [1.82, 2.24) is 4.72 Å². The molecular formula is C16H19F4NO3S. The van der Waals surface area contributed by atoms with E-state index in [2.05, 4.69) is 4.72 Å². The minimum Gasteiger partial charge on any atom is -0.490 e. The topological polar surface area (TPSA) is 55.4 Å². The molecule has 0 aromatic heterocycles. The Hall–Kier alpha value is -1.35. The van der Waals surface area contributed by atoms with Gasteiger partial charge in [0.25, 0.3) is 0 Å². The van der Waals surface area contributed by atoms with Crippen molar-refractivity contribution in [3.8, 4) is 5.75 Å². The van der Waals surface area contributed by atoms with Crippen LogP contribution in [0.3, 0.4) is 0 Å². The number of benzene rings is 1. The van der Waals surface area contributed by atoms with E-state index in [1.807, 2.05) is 0 Å². The van der Waals surface area contributed by atoms with Crippen LogP contribution in [0.15, 0.2) is 18.2 Å². The minimum atomic E-state index is -4.28. The standard InChI is InChI=1S/C16H19F4NO3S/c17-13-3-1-2-12-14(8-9-24-15(12)13)21-25(22,23)11-6-4-10(5-7-11)16(18,19)20/h1-3,10-11,14,21H,4-9H2/t10?,11?,14-/m0/s1. The molecule has 9 heteroatoms. The van der Waals surface area contributed by atoms with Crippen LogP contribution in [-0.2, 0) is 10.0 Å². The van der Waals surface area contributed by atoms with E-state index in [9.17, 15) is 26.0 Å². The number of hydrogen-bond donors (Lipinski definition) is 1. The third-order valence-electron chi connectivity index (χ3n) is 4.91. The summed E-state index contributed by atoms with van der Waals surface area (Å²) in [5.74, 6) is -1.97. The molecule has 1 saturated carbocycles. The third-order valence-corrected chi connectivity index (χ3v) is 6.87. The normalized spacial score (nSPS) is 27.4. The van der Waals surface area contributed by atoms with Crippen molar-refractivity contribution in [3.63, 3.8) is 0 Å². The van der Waals surface area contributed by atoms with Gasteiger partial charge in [0.1, 0.15) is 0 Å². The second kappa shape index (κ2) is 6.75. The lowest BCUT2D eigenvalue weighted by Gasteiger charge is -2.32. The molecule has 1 aliphatic heterocycles. The van der Waals surface area contributed by atoms with Crippen molar-refractivity contribution in [2.24, 2.45) is 5.92 Å². The van der Waals surface area contributed by atoms with Crippen molar-refractivity contribution in [2.75, 3.05) is 6.61 Å². The first kappa shape index (κ1) is 18.4. The molecule has 1 fully saturated rings. The fourth-order valence-corrected chi connectivity index (χ4v) is 5.23. The van der Waals surface area contributed by atoms with Crippen molar-refractivity contribution in [2.45, 2.75) is 49.6 Å². The maximum atomic E-state index is 13.8. The highest BCUT2D eigenvalue weighted by Gasteiger charge is 2.44. The summed E-state index contributed by atoms with van der Waals surface area (Å²) < 4.78 is 84.9. The van der Waals surface area contributed by atoms with Crippen LogP contribution in [0.4, 0.5) is 17.6 Å². The van der Waals surface area contributed by atoms with Gasteiger partial charge in [0.05, 0.1) is 23.8 Å². The second-order valence-corrected chi connectivity index (χ2v) is 8.52. The van der Waals surface area contributed by atoms with E-state index in [4.69, 9.17) is 4.74 Å². The fourth-order valence-electron chi connectivity index (χ4n) is 3.50. The molecule has 1 heterocycles. The van der Waals surface area contributed by atoms with Crippen LogP contribution in [0, 0.1) is 11.7 Å². The number of sulfonamides is 1. The molecule has 3 rings (SSSR count). The number of halogens is 4. The van der Waals surface area contributed by atoms with Gasteiger partial charge in [-0.3, -0.25) is 0 Å². The number of fused-ring (bicyclic) bond motifs is 1. The Morgan fingerprint density at radius 1 is 1.08 bits per heavy atom. The van der Waals surface area contributed by atoms with Gasteiger partial charge in [-0.05, 0) is 31.7 Å². The highest BCUT2D eigenvalue weighted by atomic mass is 32.2. The third kappa shape index (κ3) is 3.92. The predicted octanol–water partition coefficient (Wildman–Crippen LogP) is 3.69. The van der Waals surface area contributed by atoms with E-state index in [1.165, 1.54) is 12.1 Å². The molecule has 1 atom stereocenters. The number of para-hydroxylation sites is 1. The number of alkyl halides is 3. The summed E-state index contributed by atoms with van der Waals surface area (Å²) in [6.07, 6.45) is -4.37. The fraction of sp³-hybridized carbons (Fsp3) is 0.625. The van der Waals surface area contributed by atoms with Crippen LogP contribution in [0.5, 0.6) is 5.75 Å². The molecule has 0 spiro atoms.